The maximum atomic E-state index is 13.1. The van der Waals surface area contributed by atoms with Crippen molar-refractivity contribution in [3.63, 3.8) is 0 Å². The number of fused-ring (bicyclic) bond motifs is 1. The number of anilines is 1. The second-order valence-electron chi connectivity index (χ2n) is 8.52. The van der Waals surface area contributed by atoms with Crippen molar-refractivity contribution >= 4 is 21.6 Å². The molecule has 154 valence electrons. The molecule has 1 aliphatic heterocycles. The Balaban J connectivity index is 1.57. The molecule has 1 unspecified atom stereocenters. The average molecular weight is 413 g/mol. The van der Waals surface area contributed by atoms with E-state index < -0.39 is 10.0 Å². The number of hydrogen-bond donors (Lipinski definition) is 1. The van der Waals surface area contributed by atoms with Gasteiger partial charge < -0.3 is 4.90 Å². The molecule has 0 spiro atoms. The van der Waals surface area contributed by atoms with Gasteiger partial charge in [-0.05, 0) is 60.9 Å². The zero-order chi connectivity index (χ0) is 20.6. The summed E-state index contributed by atoms with van der Waals surface area (Å²) in [5.74, 6) is 0.692. The molecular weight excluding hydrogens is 384 g/mol. The Labute approximate surface area is 173 Å². The van der Waals surface area contributed by atoms with Crippen molar-refractivity contribution in [3.05, 3.63) is 59.7 Å². The van der Waals surface area contributed by atoms with Gasteiger partial charge in [-0.2, -0.15) is 0 Å². The molecule has 1 heterocycles. The highest BCUT2D eigenvalue weighted by Crippen LogP contribution is 2.37. The molecule has 6 heteroatoms. The number of carbonyl (C=O) groups is 1. The molecule has 1 atom stereocenters. The lowest BCUT2D eigenvalue weighted by molar-refractivity contribution is -0.119. The molecule has 2 aromatic rings. The Morgan fingerprint density at radius 1 is 1.14 bits per heavy atom. The van der Waals surface area contributed by atoms with Crippen LogP contribution in [0.1, 0.15) is 50.3 Å². The molecule has 2 aromatic carbocycles. The van der Waals surface area contributed by atoms with Crippen molar-refractivity contribution in [1.29, 1.82) is 0 Å². The molecule has 2 aliphatic rings. The van der Waals surface area contributed by atoms with Gasteiger partial charge in [-0.15, -0.1) is 0 Å². The number of nitrogens with zero attached hydrogens (tertiary/aromatic N) is 1. The lowest BCUT2D eigenvalue weighted by Gasteiger charge is -2.22. The quantitative estimate of drug-likeness (QED) is 0.746. The molecule has 0 aromatic heterocycles. The van der Waals surface area contributed by atoms with E-state index in [0.29, 0.717) is 18.9 Å². The second kappa shape index (κ2) is 7.92. The van der Waals surface area contributed by atoms with E-state index in [-0.39, 0.29) is 22.8 Å². The van der Waals surface area contributed by atoms with E-state index in [2.05, 4.69) is 18.6 Å². The van der Waals surface area contributed by atoms with E-state index in [9.17, 15) is 13.2 Å². The van der Waals surface area contributed by atoms with E-state index in [1.54, 1.807) is 18.2 Å². The Morgan fingerprint density at radius 3 is 2.52 bits per heavy atom. The Hall–Kier alpha value is -2.18. The predicted molar refractivity (Wildman–Crippen MR) is 114 cm³/mol. The lowest BCUT2D eigenvalue weighted by Crippen LogP contribution is -2.30. The third kappa shape index (κ3) is 4.38. The molecule has 5 nitrogen and oxygen atoms in total. The number of hydrogen-bond acceptors (Lipinski definition) is 3. The van der Waals surface area contributed by atoms with Gasteiger partial charge in [-0.3, -0.25) is 4.79 Å². The van der Waals surface area contributed by atoms with Crippen molar-refractivity contribution in [2.75, 3.05) is 11.4 Å². The first-order valence-electron chi connectivity index (χ1n) is 10.4. The van der Waals surface area contributed by atoms with Crippen LogP contribution in [0.25, 0.3) is 0 Å². The van der Waals surface area contributed by atoms with Crippen molar-refractivity contribution in [3.8, 4) is 0 Å². The molecule has 1 fully saturated rings. The standard InChI is InChI=1S/C23H28N2O3S/c1-16(2)14-21(17-6-4-3-5-7-17)24-29(27,28)20-10-11-22-19(15-20)12-13-25(22)23(26)18-8-9-18/h3-7,10-11,15-16,18,21,24H,8-9,12-14H2,1-2H3. The van der Waals surface area contributed by atoms with Crippen LogP contribution in [0.4, 0.5) is 5.69 Å². The predicted octanol–water partition coefficient (Wildman–Crippen LogP) is 4.05. The number of benzene rings is 2. The van der Waals surface area contributed by atoms with Gasteiger partial charge in [-0.1, -0.05) is 44.2 Å². The van der Waals surface area contributed by atoms with E-state index >= 15 is 0 Å². The highest BCUT2D eigenvalue weighted by atomic mass is 32.2. The summed E-state index contributed by atoms with van der Waals surface area (Å²) in [5, 5.41) is 0. The van der Waals surface area contributed by atoms with Crippen LogP contribution < -0.4 is 9.62 Å². The first kappa shape index (κ1) is 20.1. The fraction of sp³-hybridized carbons (Fsp3) is 0.435. The summed E-state index contributed by atoms with van der Waals surface area (Å²) in [5.41, 5.74) is 2.76. The number of amides is 1. The van der Waals surface area contributed by atoms with Crippen LogP contribution >= 0.6 is 0 Å². The largest absolute Gasteiger partial charge is 0.312 e. The molecular formula is C23H28N2O3S. The summed E-state index contributed by atoms with van der Waals surface area (Å²) in [6.07, 6.45) is 3.36. The summed E-state index contributed by atoms with van der Waals surface area (Å²) >= 11 is 0. The molecule has 1 aliphatic carbocycles. The second-order valence-corrected chi connectivity index (χ2v) is 10.2. The molecule has 1 amide bonds. The van der Waals surface area contributed by atoms with Crippen LogP contribution in [-0.2, 0) is 21.2 Å². The molecule has 0 radical (unpaired) electrons. The van der Waals surface area contributed by atoms with Crippen molar-refractivity contribution in [2.45, 2.75) is 50.5 Å². The zero-order valence-electron chi connectivity index (χ0n) is 17.0. The van der Waals surface area contributed by atoms with Gasteiger partial charge in [0.2, 0.25) is 15.9 Å². The van der Waals surface area contributed by atoms with Crippen LogP contribution in [0.2, 0.25) is 0 Å². The molecule has 1 N–H and O–H groups in total. The van der Waals surface area contributed by atoms with Crippen LogP contribution in [0, 0.1) is 11.8 Å². The maximum Gasteiger partial charge on any atom is 0.241 e. The van der Waals surface area contributed by atoms with Gasteiger partial charge in [0.1, 0.15) is 0 Å². The van der Waals surface area contributed by atoms with Crippen molar-refractivity contribution in [1.82, 2.24) is 4.72 Å². The summed E-state index contributed by atoms with van der Waals surface area (Å²) in [6, 6.07) is 14.6. The van der Waals surface area contributed by atoms with Gasteiger partial charge in [0.05, 0.1) is 4.90 Å². The number of nitrogens with one attached hydrogen (secondary N) is 1. The number of rotatable bonds is 7. The van der Waals surface area contributed by atoms with E-state index in [4.69, 9.17) is 0 Å². The van der Waals surface area contributed by atoms with Gasteiger partial charge in [0, 0.05) is 24.2 Å². The normalized spacial score (nSPS) is 17.4. The van der Waals surface area contributed by atoms with Crippen LogP contribution in [0.15, 0.2) is 53.4 Å². The Bertz CT molecular complexity index is 998. The zero-order valence-corrected chi connectivity index (χ0v) is 17.8. The van der Waals surface area contributed by atoms with Gasteiger partial charge in [0.25, 0.3) is 0 Å². The third-order valence-electron chi connectivity index (χ3n) is 5.66. The molecule has 0 bridgehead atoms. The highest BCUT2D eigenvalue weighted by molar-refractivity contribution is 7.89. The minimum absolute atomic E-state index is 0.161. The Kier molecular flexibility index (Phi) is 5.49. The monoisotopic (exact) mass is 412 g/mol. The van der Waals surface area contributed by atoms with E-state index in [0.717, 1.165) is 36.1 Å². The summed E-state index contributed by atoms with van der Waals surface area (Å²) < 4.78 is 29.2. The third-order valence-corrected chi connectivity index (χ3v) is 7.13. The first-order chi connectivity index (χ1) is 13.8. The van der Waals surface area contributed by atoms with Crippen molar-refractivity contribution in [2.24, 2.45) is 11.8 Å². The summed E-state index contributed by atoms with van der Waals surface area (Å²) in [6.45, 7) is 4.82. The smallest absolute Gasteiger partial charge is 0.241 e. The molecule has 0 saturated heterocycles. The topological polar surface area (TPSA) is 66.5 Å². The summed E-state index contributed by atoms with van der Waals surface area (Å²) in [4.78, 5) is 14.5. The first-order valence-corrected chi connectivity index (χ1v) is 11.8. The fourth-order valence-electron chi connectivity index (χ4n) is 3.99. The van der Waals surface area contributed by atoms with Gasteiger partial charge >= 0.3 is 0 Å². The molecule has 1 saturated carbocycles. The molecule has 29 heavy (non-hydrogen) atoms. The van der Waals surface area contributed by atoms with E-state index in [1.165, 1.54) is 0 Å². The number of carbonyl (C=O) groups excluding carboxylic acids is 1. The number of sulfonamides is 1. The summed E-state index contributed by atoms with van der Waals surface area (Å²) in [7, 11) is -3.67. The molecule has 4 rings (SSSR count). The van der Waals surface area contributed by atoms with Gasteiger partial charge in [0.15, 0.2) is 0 Å². The Morgan fingerprint density at radius 2 is 1.86 bits per heavy atom. The lowest BCUT2D eigenvalue weighted by atomic mass is 9.98. The maximum absolute atomic E-state index is 13.1. The van der Waals surface area contributed by atoms with Crippen LogP contribution in [-0.4, -0.2) is 20.9 Å². The van der Waals surface area contributed by atoms with Gasteiger partial charge in [-0.25, -0.2) is 13.1 Å². The fourth-order valence-corrected chi connectivity index (χ4v) is 5.28. The average Bonchev–Trinajstić information content (AvgIpc) is 3.46. The van der Waals surface area contributed by atoms with Crippen molar-refractivity contribution < 1.29 is 13.2 Å². The van der Waals surface area contributed by atoms with Crippen LogP contribution in [0.3, 0.4) is 0 Å². The van der Waals surface area contributed by atoms with Crippen LogP contribution in [0.5, 0.6) is 0 Å². The minimum Gasteiger partial charge on any atom is -0.312 e. The minimum atomic E-state index is -3.67. The highest BCUT2D eigenvalue weighted by Gasteiger charge is 2.36. The van der Waals surface area contributed by atoms with E-state index in [1.807, 2.05) is 35.2 Å². The SMILES string of the molecule is CC(C)CC(NS(=O)(=O)c1ccc2c(c1)CCN2C(=O)C1CC1)c1ccccc1.